The Morgan fingerprint density at radius 2 is 2.19 bits per heavy atom. The van der Waals surface area contributed by atoms with Crippen molar-refractivity contribution >= 4 is 21.8 Å². The van der Waals surface area contributed by atoms with Gasteiger partial charge in [-0.05, 0) is 25.0 Å². The number of thioether (sulfide) groups is 1. The Balaban J connectivity index is 2.45. The summed E-state index contributed by atoms with van der Waals surface area (Å²) in [5.74, 6) is 1.06. The van der Waals surface area contributed by atoms with E-state index in [0.29, 0.717) is 11.7 Å². The van der Waals surface area contributed by atoms with E-state index in [9.17, 15) is 8.42 Å². The quantitative estimate of drug-likeness (QED) is 0.721. The van der Waals surface area contributed by atoms with Crippen LogP contribution in [0.3, 0.4) is 0 Å². The Kier molecular flexibility index (Phi) is 6.10. The fraction of sp³-hybridized carbons (Fsp3) is 1.00. The van der Waals surface area contributed by atoms with E-state index in [1.165, 1.54) is 0 Å². The Bertz CT molecular complexity index is 292. The van der Waals surface area contributed by atoms with Crippen LogP contribution in [-0.2, 0) is 10.0 Å². The molecule has 1 saturated carbocycles. The van der Waals surface area contributed by atoms with Gasteiger partial charge in [0.2, 0.25) is 10.0 Å². The average molecular weight is 267 g/mol. The van der Waals surface area contributed by atoms with Crippen LogP contribution >= 0.6 is 11.8 Å². The lowest BCUT2D eigenvalue weighted by Gasteiger charge is -2.19. The second kappa shape index (κ2) is 6.83. The number of hydrogen-bond donors (Lipinski definition) is 2. The highest BCUT2D eigenvalue weighted by molar-refractivity contribution is 8.00. The molecule has 1 fully saturated rings. The summed E-state index contributed by atoms with van der Waals surface area (Å²) in [5.41, 5.74) is 0. The maximum atomic E-state index is 11.7. The molecule has 2 N–H and O–H groups in total. The first-order valence-corrected chi connectivity index (χ1v) is 8.51. The molecule has 1 aliphatic rings. The molecule has 0 bridgehead atoms. The monoisotopic (exact) mass is 267 g/mol. The van der Waals surface area contributed by atoms with Gasteiger partial charge in [-0.15, -0.1) is 0 Å². The van der Waals surface area contributed by atoms with Crippen molar-refractivity contribution in [1.29, 1.82) is 0 Å². The molecule has 0 saturated heterocycles. The molecule has 0 amide bonds. The highest BCUT2D eigenvalue weighted by Gasteiger charge is 2.30. The van der Waals surface area contributed by atoms with Crippen LogP contribution in [0.1, 0.15) is 32.6 Å². The van der Waals surface area contributed by atoms with Crippen molar-refractivity contribution in [1.82, 2.24) is 4.72 Å². The fourth-order valence-electron chi connectivity index (χ4n) is 2.02. The van der Waals surface area contributed by atoms with Crippen LogP contribution in [0, 0.1) is 0 Å². The first kappa shape index (κ1) is 14.3. The predicted molar refractivity (Wildman–Crippen MR) is 68.2 cm³/mol. The van der Waals surface area contributed by atoms with Gasteiger partial charge < -0.3 is 5.11 Å². The highest BCUT2D eigenvalue weighted by atomic mass is 32.2. The van der Waals surface area contributed by atoms with E-state index in [-0.39, 0.29) is 18.4 Å². The van der Waals surface area contributed by atoms with Crippen molar-refractivity contribution < 1.29 is 13.5 Å². The number of aliphatic hydroxyl groups excluding tert-OH is 1. The first-order valence-electron chi connectivity index (χ1n) is 5.81. The standard InChI is InChI=1S/C10H21NO3S2/c1-2-15-10-6-3-5-9(10)11-16(13,14)8-4-7-12/h9-12H,2-8H2,1H3. The van der Waals surface area contributed by atoms with Gasteiger partial charge in [-0.25, -0.2) is 13.1 Å². The third-order valence-corrected chi connectivity index (χ3v) is 5.55. The molecule has 0 aromatic heterocycles. The minimum Gasteiger partial charge on any atom is -0.396 e. The van der Waals surface area contributed by atoms with Crippen molar-refractivity contribution in [2.45, 2.75) is 43.9 Å². The minimum absolute atomic E-state index is 0.0313. The molecule has 0 heterocycles. The lowest BCUT2D eigenvalue weighted by Crippen LogP contribution is -2.40. The van der Waals surface area contributed by atoms with Gasteiger partial charge >= 0.3 is 0 Å². The first-order chi connectivity index (χ1) is 7.59. The van der Waals surface area contributed by atoms with Crippen molar-refractivity contribution in [2.24, 2.45) is 0 Å². The third-order valence-electron chi connectivity index (χ3n) is 2.74. The van der Waals surface area contributed by atoms with Gasteiger partial charge in [-0.2, -0.15) is 11.8 Å². The van der Waals surface area contributed by atoms with E-state index in [4.69, 9.17) is 5.11 Å². The minimum atomic E-state index is -3.20. The Morgan fingerprint density at radius 3 is 2.81 bits per heavy atom. The van der Waals surface area contributed by atoms with Crippen LogP contribution in [0.15, 0.2) is 0 Å². The zero-order chi connectivity index (χ0) is 12.0. The van der Waals surface area contributed by atoms with Crippen LogP contribution in [0.25, 0.3) is 0 Å². The number of nitrogens with one attached hydrogen (secondary N) is 1. The number of sulfonamides is 1. The lowest BCUT2D eigenvalue weighted by molar-refractivity contribution is 0.295. The summed E-state index contributed by atoms with van der Waals surface area (Å²) >= 11 is 1.84. The van der Waals surface area contributed by atoms with Gasteiger partial charge in [-0.3, -0.25) is 0 Å². The molecular formula is C10H21NO3S2. The molecule has 0 radical (unpaired) electrons. The molecule has 96 valence electrons. The summed E-state index contributed by atoms with van der Waals surface area (Å²) in [6.07, 6.45) is 3.46. The zero-order valence-electron chi connectivity index (χ0n) is 9.68. The van der Waals surface area contributed by atoms with Crippen LogP contribution in [0.5, 0.6) is 0 Å². The van der Waals surface area contributed by atoms with Gasteiger partial charge in [0.05, 0.1) is 5.75 Å². The molecule has 16 heavy (non-hydrogen) atoms. The molecule has 2 atom stereocenters. The van der Waals surface area contributed by atoms with Gasteiger partial charge in [0.15, 0.2) is 0 Å². The van der Waals surface area contributed by atoms with Crippen molar-refractivity contribution in [3.8, 4) is 0 Å². The van der Waals surface area contributed by atoms with Crippen molar-refractivity contribution in [3.05, 3.63) is 0 Å². The summed E-state index contributed by atoms with van der Waals surface area (Å²) in [4.78, 5) is 0. The Morgan fingerprint density at radius 1 is 1.44 bits per heavy atom. The largest absolute Gasteiger partial charge is 0.396 e. The molecule has 0 aliphatic heterocycles. The summed E-state index contributed by atoms with van der Waals surface area (Å²) in [6.45, 7) is 2.03. The van der Waals surface area contributed by atoms with Gasteiger partial charge in [0.25, 0.3) is 0 Å². The molecular weight excluding hydrogens is 246 g/mol. The number of rotatable bonds is 7. The topological polar surface area (TPSA) is 66.4 Å². The van der Waals surface area contributed by atoms with Crippen molar-refractivity contribution in [3.63, 3.8) is 0 Å². The van der Waals surface area contributed by atoms with E-state index >= 15 is 0 Å². The highest BCUT2D eigenvalue weighted by Crippen LogP contribution is 2.30. The molecule has 2 unspecified atom stereocenters. The molecule has 0 aromatic rings. The predicted octanol–water partition coefficient (Wildman–Crippen LogP) is 0.962. The van der Waals surface area contributed by atoms with E-state index in [1.54, 1.807) is 0 Å². The van der Waals surface area contributed by atoms with E-state index in [0.717, 1.165) is 25.0 Å². The van der Waals surface area contributed by atoms with Crippen LogP contribution in [0.4, 0.5) is 0 Å². The molecule has 0 spiro atoms. The summed E-state index contributed by atoms with van der Waals surface area (Å²) in [5, 5.41) is 9.06. The Hall–Kier alpha value is 0.220. The molecule has 0 aromatic carbocycles. The lowest BCUT2D eigenvalue weighted by atomic mass is 10.3. The third kappa shape index (κ3) is 4.61. The van der Waals surface area contributed by atoms with Crippen molar-refractivity contribution in [2.75, 3.05) is 18.1 Å². The summed E-state index contributed by atoms with van der Waals surface area (Å²) < 4.78 is 26.1. The van der Waals surface area contributed by atoms with Crippen LogP contribution in [-0.4, -0.2) is 42.9 Å². The number of aliphatic hydroxyl groups is 1. The fourth-order valence-corrected chi connectivity index (χ4v) is 4.67. The normalized spacial score (nSPS) is 26.1. The van der Waals surface area contributed by atoms with Gasteiger partial charge in [-0.1, -0.05) is 13.3 Å². The SMILES string of the molecule is CCSC1CCCC1NS(=O)(=O)CCCO. The Labute approximate surface area is 102 Å². The second-order valence-electron chi connectivity index (χ2n) is 4.05. The maximum absolute atomic E-state index is 11.7. The second-order valence-corrected chi connectivity index (χ2v) is 7.43. The van der Waals surface area contributed by atoms with Crippen LogP contribution < -0.4 is 4.72 Å². The zero-order valence-corrected chi connectivity index (χ0v) is 11.3. The maximum Gasteiger partial charge on any atom is 0.211 e. The van der Waals surface area contributed by atoms with Crippen LogP contribution in [0.2, 0.25) is 0 Å². The van der Waals surface area contributed by atoms with E-state index in [2.05, 4.69) is 11.6 Å². The average Bonchev–Trinajstić information content (AvgIpc) is 2.63. The molecule has 1 aliphatic carbocycles. The molecule has 6 heteroatoms. The molecule has 4 nitrogen and oxygen atoms in total. The van der Waals surface area contributed by atoms with E-state index < -0.39 is 10.0 Å². The summed E-state index contributed by atoms with van der Waals surface area (Å²) in [7, 11) is -3.20. The van der Waals surface area contributed by atoms with Gasteiger partial charge in [0.1, 0.15) is 0 Å². The smallest absolute Gasteiger partial charge is 0.211 e. The van der Waals surface area contributed by atoms with Gasteiger partial charge in [0, 0.05) is 17.9 Å². The summed E-state index contributed by atoms with van der Waals surface area (Å²) in [6, 6.07) is 0.0913. The molecule has 1 rings (SSSR count). The van der Waals surface area contributed by atoms with E-state index in [1.807, 2.05) is 11.8 Å². The number of hydrogen-bond acceptors (Lipinski definition) is 4.